The van der Waals surface area contributed by atoms with Crippen molar-refractivity contribution in [1.82, 2.24) is 14.7 Å². The van der Waals surface area contributed by atoms with E-state index in [0.717, 1.165) is 17.5 Å². The smallest absolute Gasteiger partial charge is 0.238 e. The molecule has 0 radical (unpaired) electrons. The van der Waals surface area contributed by atoms with Crippen molar-refractivity contribution >= 4 is 15.7 Å². The van der Waals surface area contributed by atoms with E-state index < -0.39 is 15.6 Å². The molecule has 1 amide bonds. The Labute approximate surface area is 124 Å². The van der Waals surface area contributed by atoms with E-state index in [0.29, 0.717) is 26.3 Å². The summed E-state index contributed by atoms with van der Waals surface area (Å²) in [5.74, 6) is -0.803. The lowest BCUT2D eigenvalue weighted by Gasteiger charge is -2.33. The number of sulfone groups is 1. The summed E-state index contributed by atoms with van der Waals surface area (Å²) in [6.45, 7) is 3.87. The minimum absolute atomic E-state index is 0.0183. The van der Waals surface area contributed by atoms with Gasteiger partial charge in [0, 0.05) is 44.5 Å². The maximum atomic E-state index is 12.1. The molecule has 7 nitrogen and oxygen atoms in total. The van der Waals surface area contributed by atoms with E-state index in [1.165, 1.54) is 0 Å². The van der Waals surface area contributed by atoms with Gasteiger partial charge in [0.15, 0.2) is 9.84 Å². The van der Waals surface area contributed by atoms with Gasteiger partial charge in [0.05, 0.1) is 18.5 Å². The number of carbonyl (C=O) groups is 1. The Morgan fingerprint density at radius 2 is 2.24 bits per heavy atom. The second kappa shape index (κ2) is 6.15. The third-order valence-corrected chi connectivity index (χ3v) is 4.29. The molecule has 8 heteroatoms. The number of amides is 1. The van der Waals surface area contributed by atoms with Gasteiger partial charge in [-0.3, -0.25) is 9.48 Å². The number of aromatic nitrogens is 2. The monoisotopic (exact) mass is 315 g/mol. The van der Waals surface area contributed by atoms with Gasteiger partial charge in [-0.1, -0.05) is 0 Å². The summed E-state index contributed by atoms with van der Waals surface area (Å²) in [4.78, 5) is 13.7. The van der Waals surface area contributed by atoms with Crippen LogP contribution in [0.4, 0.5) is 0 Å². The third-order valence-electron chi connectivity index (χ3n) is 3.51. The molecule has 0 aromatic carbocycles. The number of aryl methyl sites for hydroxylation is 1. The molecule has 1 aromatic heterocycles. The van der Waals surface area contributed by atoms with Crippen molar-refractivity contribution in [2.75, 3.05) is 31.8 Å². The topological polar surface area (TPSA) is 81.5 Å². The van der Waals surface area contributed by atoms with Crippen LogP contribution in [0.3, 0.4) is 0 Å². The zero-order chi connectivity index (χ0) is 15.6. The number of hydrogen-bond acceptors (Lipinski definition) is 5. The molecule has 0 saturated carbocycles. The van der Waals surface area contributed by atoms with E-state index in [9.17, 15) is 13.2 Å². The van der Waals surface area contributed by atoms with Crippen LogP contribution in [-0.4, -0.2) is 60.8 Å². The fraction of sp³-hybridized carbons (Fsp3) is 0.692. The molecular weight excluding hydrogens is 294 g/mol. The van der Waals surface area contributed by atoms with Crippen LogP contribution in [0.5, 0.6) is 0 Å². The van der Waals surface area contributed by atoms with Crippen LogP contribution >= 0.6 is 0 Å². The van der Waals surface area contributed by atoms with E-state index in [-0.39, 0.29) is 11.8 Å². The van der Waals surface area contributed by atoms with Gasteiger partial charge in [-0.2, -0.15) is 5.10 Å². The van der Waals surface area contributed by atoms with Gasteiger partial charge in [-0.05, 0) is 6.92 Å². The molecule has 1 atom stereocenters. The van der Waals surface area contributed by atoms with Crippen molar-refractivity contribution in [2.45, 2.75) is 19.4 Å². The molecule has 2 rings (SSSR count). The highest BCUT2D eigenvalue weighted by molar-refractivity contribution is 7.91. The van der Waals surface area contributed by atoms with Crippen molar-refractivity contribution in [2.24, 2.45) is 7.05 Å². The molecular formula is C13H21N3O4S. The first-order valence-corrected chi connectivity index (χ1v) is 8.92. The van der Waals surface area contributed by atoms with Gasteiger partial charge in [0.1, 0.15) is 5.75 Å². The van der Waals surface area contributed by atoms with E-state index >= 15 is 0 Å². The van der Waals surface area contributed by atoms with Gasteiger partial charge in [-0.15, -0.1) is 0 Å². The third kappa shape index (κ3) is 3.82. The van der Waals surface area contributed by atoms with Crippen molar-refractivity contribution in [3.63, 3.8) is 0 Å². The highest BCUT2D eigenvalue weighted by Gasteiger charge is 2.32. The Hall–Kier alpha value is -1.41. The number of rotatable bonds is 5. The molecule has 1 aromatic rings. The molecule has 0 fully saturated rings. The molecule has 0 bridgehead atoms. The molecule has 1 unspecified atom stereocenters. The number of hydrogen-bond donors (Lipinski definition) is 0. The maximum absolute atomic E-state index is 12.1. The minimum atomic E-state index is -3.32. The largest absolute Gasteiger partial charge is 0.381 e. The zero-order valence-corrected chi connectivity index (χ0v) is 13.4. The molecule has 0 N–H and O–H groups in total. The summed E-state index contributed by atoms with van der Waals surface area (Å²) >= 11 is 0. The number of nitrogens with zero attached hydrogens (tertiary/aromatic N) is 3. The van der Waals surface area contributed by atoms with Crippen LogP contribution in [0.1, 0.15) is 24.1 Å². The van der Waals surface area contributed by atoms with Gasteiger partial charge >= 0.3 is 0 Å². The molecule has 2 heterocycles. The van der Waals surface area contributed by atoms with E-state index in [1.807, 2.05) is 14.0 Å². The van der Waals surface area contributed by atoms with E-state index in [4.69, 9.17) is 4.74 Å². The predicted molar refractivity (Wildman–Crippen MR) is 77.6 cm³/mol. The highest BCUT2D eigenvalue weighted by atomic mass is 32.2. The normalized spacial score (nSPS) is 18.6. The Kier molecular flexibility index (Phi) is 4.67. The maximum Gasteiger partial charge on any atom is 0.238 e. The van der Waals surface area contributed by atoms with Gasteiger partial charge in [0.2, 0.25) is 5.91 Å². The SMILES string of the molecule is CCOCC1CN(C(=O)CS(C)(=O)=O)Cc2cnn(C)c21. The molecule has 1 aliphatic rings. The Morgan fingerprint density at radius 3 is 2.86 bits per heavy atom. The van der Waals surface area contributed by atoms with Crippen LogP contribution in [0.15, 0.2) is 6.20 Å². The second-order valence-corrected chi connectivity index (χ2v) is 7.52. The Morgan fingerprint density at radius 1 is 1.52 bits per heavy atom. The zero-order valence-electron chi connectivity index (χ0n) is 12.6. The van der Waals surface area contributed by atoms with Crippen LogP contribution < -0.4 is 0 Å². The lowest BCUT2D eigenvalue weighted by atomic mass is 9.97. The fourth-order valence-electron chi connectivity index (χ4n) is 2.66. The summed E-state index contributed by atoms with van der Waals surface area (Å²) in [7, 11) is -1.46. The average Bonchev–Trinajstić information content (AvgIpc) is 2.76. The quantitative estimate of drug-likeness (QED) is 0.759. The van der Waals surface area contributed by atoms with Crippen LogP contribution in [0, 0.1) is 0 Å². The number of fused-ring (bicyclic) bond motifs is 1. The van der Waals surface area contributed by atoms with Crippen LogP contribution in [-0.2, 0) is 33.0 Å². The van der Waals surface area contributed by atoms with Crippen molar-refractivity contribution in [3.8, 4) is 0 Å². The van der Waals surface area contributed by atoms with Crippen LogP contribution in [0.2, 0.25) is 0 Å². The molecule has 0 aliphatic carbocycles. The summed E-state index contributed by atoms with van der Waals surface area (Å²) in [6, 6.07) is 0. The first-order chi connectivity index (χ1) is 9.81. The summed E-state index contributed by atoms with van der Waals surface area (Å²) in [6.07, 6.45) is 2.80. The number of ether oxygens (including phenoxy) is 1. The summed E-state index contributed by atoms with van der Waals surface area (Å²) in [5.41, 5.74) is 2.02. The standard InChI is InChI=1S/C13H21N3O4S/c1-4-20-8-11-7-16(12(17)9-21(3,18)19)6-10-5-14-15(2)13(10)11/h5,11H,4,6-9H2,1-3H3. The lowest BCUT2D eigenvalue weighted by Crippen LogP contribution is -2.42. The van der Waals surface area contributed by atoms with Crippen LogP contribution in [0.25, 0.3) is 0 Å². The molecule has 0 spiro atoms. The van der Waals surface area contributed by atoms with E-state index in [2.05, 4.69) is 5.10 Å². The van der Waals surface area contributed by atoms with Crippen molar-refractivity contribution < 1.29 is 17.9 Å². The average molecular weight is 315 g/mol. The molecule has 21 heavy (non-hydrogen) atoms. The van der Waals surface area contributed by atoms with Gasteiger partial charge in [-0.25, -0.2) is 8.42 Å². The summed E-state index contributed by atoms with van der Waals surface area (Å²) < 4.78 is 29.9. The number of carbonyl (C=O) groups excluding carboxylic acids is 1. The molecule has 118 valence electrons. The second-order valence-electron chi connectivity index (χ2n) is 5.38. The molecule has 1 aliphatic heterocycles. The molecule has 0 saturated heterocycles. The lowest BCUT2D eigenvalue weighted by molar-refractivity contribution is -0.130. The van der Waals surface area contributed by atoms with E-state index in [1.54, 1.807) is 15.8 Å². The minimum Gasteiger partial charge on any atom is -0.381 e. The first kappa shape index (κ1) is 16.0. The summed E-state index contributed by atoms with van der Waals surface area (Å²) in [5, 5.41) is 4.23. The first-order valence-electron chi connectivity index (χ1n) is 6.85. The van der Waals surface area contributed by atoms with Crippen molar-refractivity contribution in [3.05, 3.63) is 17.5 Å². The predicted octanol–water partition coefficient (Wildman–Crippen LogP) is -0.0730. The van der Waals surface area contributed by atoms with Crippen molar-refractivity contribution in [1.29, 1.82) is 0 Å². The highest BCUT2D eigenvalue weighted by Crippen LogP contribution is 2.28. The Balaban J connectivity index is 2.20. The van der Waals surface area contributed by atoms with Gasteiger partial charge in [0.25, 0.3) is 0 Å². The fourth-order valence-corrected chi connectivity index (χ4v) is 3.29. The Bertz CT molecular complexity index is 623. The van der Waals surface area contributed by atoms with Gasteiger partial charge < -0.3 is 9.64 Å².